The molecular formula is C8H17N3. The average molecular weight is 155 g/mol. The summed E-state index contributed by atoms with van der Waals surface area (Å²) < 4.78 is 0. The van der Waals surface area contributed by atoms with Gasteiger partial charge in [-0.05, 0) is 39.5 Å². The summed E-state index contributed by atoms with van der Waals surface area (Å²) in [5, 5.41) is 8.27. The molecule has 3 nitrogen and oxygen atoms in total. The molecule has 0 saturated carbocycles. The molecule has 0 amide bonds. The third kappa shape index (κ3) is 7.31. The molecule has 0 aromatic heterocycles. The lowest BCUT2D eigenvalue weighted by Gasteiger charge is -2.14. The smallest absolute Gasteiger partial charge is 0.0622 e. The Morgan fingerprint density at radius 1 is 1.36 bits per heavy atom. The van der Waals surface area contributed by atoms with E-state index in [-0.39, 0.29) is 0 Å². The van der Waals surface area contributed by atoms with Crippen LogP contribution in [0.3, 0.4) is 0 Å². The molecule has 0 aromatic rings. The van der Waals surface area contributed by atoms with Crippen LogP contribution in [0.1, 0.15) is 19.3 Å². The van der Waals surface area contributed by atoms with Crippen LogP contribution in [-0.4, -0.2) is 31.6 Å². The van der Waals surface area contributed by atoms with Crippen LogP contribution in [0.25, 0.3) is 0 Å². The Bertz CT molecular complexity index is 117. The van der Waals surface area contributed by atoms with E-state index in [4.69, 9.17) is 11.0 Å². The van der Waals surface area contributed by atoms with E-state index in [9.17, 15) is 0 Å². The Labute approximate surface area is 68.8 Å². The van der Waals surface area contributed by atoms with Crippen LogP contribution in [0.2, 0.25) is 0 Å². The number of nitriles is 1. The van der Waals surface area contributed by atoms with E-state index in [1.54, 1.807) is 0 Å². The zero-order chi connectivity index (χ0) is 8.53. The Balaban J connectivity index is 3.10. The minimum Gasteiger partial charge on any atom is -0.330 e. The third-order valence-electron chi connectivity index (χ3n) is 1.57. The minimum absolute atomic E-state index is 0.660. The Hall–Kier alpha value is -0.590. The number of hydrogen-bond acceptors (Lipinski definition) is 3. The first-order chi connectivity index (χ1) is 5.31. The van der Waals surface area contributed by atoms with E-state index in [1.807, 2.05) is 0 Å². The van der Waals surface area contributed by atoms with Crippen molar-refractivity contribution in [3.8, 4) is 6.07 Å². The predicted molar refractivity (Wildman–Crippen MR) is 46.0 cm³/mol. The van der Waals surface area contributed by atoms with Crippen molar-refractivity contribution in [3.05, 3.63) is 0 Å². The van der Waals surface area contributed by atoms with Crippen molar-refractivity contribution in [2.75, 3.05) is 26.7 Å². The first kappa shape index (κ1) is 10.4. The van der Waals surface area contributed by atoms with Crippen LogP contribution in [0.15, 0.2) is 0 Å². The molecule has 0 fully saturated rings. The first-order valence-electron chi connectivity index (χ1n) is 4.07. The highest BCUT2D eigenvalue weighted by atomic mass is 15.1. The SMILES string of the molecule is CN(CCCN)CCCC#N. The lowest BCUT2D eigenvalue weighted by molar-refractivity contribution is 0.328. The Kier molecular flexibility index (Phi) is 7.11. The average Bonchev–Trinajstić information content (AvgIpc) is 2.01. The van der Waals surface area contributed by atoms with Crippen molar-refractivity contribution in [1.29, 1.82) is 5.26 Å². The fourth-order valence-corrected chi connectivity index (χ4v) is 0.901. The number of unbranched alkanes of at least 4 members (excludes halogenated alkanes) is 1. The van der Waals surface area contributed by atoms with Gasteiger partial charge in [-0.15, -0.1) is 0 Å². The van der Waals surface area contributed by atoms with E-state index in [0.717, 1.165) is 32.5 Å². The van der Waals surface area contributed by atoms with Crippen molar-refractivity contribution < 1.29 is 0 Å². The topological polar surface area (TPSA) is 53.0 Å². The first-order valence-corrected chi connectivity index (χ1v) is 4.07. The summed E-state index contributed by atoms with van der Waals surface area (Å²) in [5.41, 5.74) is 5.35. The maximum absolute atomic E-state index is 8.27. The maximum atomic E-state index is 8.27. The van der Waals surface area contributed by atoms with Gasteiger partial charge in [0.25, 0.3) is 0 Å². The molecule has 0 aliphatic rings. The molecule has 0 saturated heterocycles. The molecule has 11 heavy (non-hydrogen) atoms. The molecule has 64 valence electrons. The minimum atomic E-state index is 0.660. The second kappa shape index (κ2) is 7.52. The van der Waals surface area contributed by atoms with Gasteiger partial charge in [0.2, 0.25) is 0 Å². The summed E-state index contributed by atoms with van der Waals surface area (Å²) in [7, 11) is 2.06. The van der Waals surface area contributed by atoms with Gasteiger partial charge in [-0.2, -0.15) is 5.26 Å². The third-order valence-corrected chi connectivity index (χ3v) is 1.57. The molecule has 0 rings (SSSR count). The molecule has 0 aromatic carbocycles. The molecule has 0 unspecified atom stereocenters. The second-order valence-corrected chi connectivity index (χ2v) is 2.71. The Morgan fingerprint density at radius 3 is 2.55 bits per heavy atom. The summed E-state index contributed by atoms with van der Waals surface area (Å²) in [5.74, 6) is 0. The van der Waals surface area contributed by atoms with Crippen molar-refractivity contribution in [2.45, 2.75) is 19.3 Å². The highest BCUT2D eigenvalue weighted by Gasteiger charge is 1.95. The van der Waals surface area contributed by atoms with Crippen LogP contribution in [0.4, 0.5) is 0 Å². The van der Waals surface area contributed by atoms with Gasteiger partial charge in [-0.3, -0.25) is 0 Å². The fraction of sp³-hybridized carbons (Fsp3) is 0.875. The van der Waals surface area contributed by atoms with Gasteiger partial charge in [0.05, 0.1) is 6.07 Å². The lowest BCUT2D eigenvalue weighted by atomic mass is 10.3. The van der Waals surface area contributed by atoms with Crippen molar-refractivity contribution >= 4 is 0 Å². The molecule has 0 heterocycles. The molecule has 0 atom stereocenters. The summed E-state index contributed by atoms with van der Waals surface area (Å²) in [6.07, 6.45) is 2.67. The van der Waals surface area contributed by atoms with Crippen LogP contribution < -0.4 is 5.73 Å². The zero-order valence-corrected chi connectivity index (χ0v) is 7.21. The quantitative estimate of drug-likeness (QED) is 0.570. The summed E-state index contributed by atoms with van der Waals surface area (Å²) >= 11 is 0. The summed E-state index contributed by atoms with van der Waals surface area (Å²) in [6, 6.07) is 2.13. The standard InChI is InChI=1S/C8H17N3/c1-11(8-4-6-10)7-3-2-5-9/h2-4,6-8,10H2,1H3. The molecular weight excluding hydrogens is 138 g/mol. The number of rotatable bonds is 6. The number of nitrogens with zero attached hydrogens (tertiary/aromatic N) is 2. The zero-order valence-electron chi connectivity index (χ0n) is 7.21. The molecule has 3 heteroatoms. The van der Waals surface area contributed by atoms with Crippen LogP contribution in [0.5, 0.6) is 0 Å². The lowest BCUT2D eigenvalue weighted by Crippen LogP contribution is -2.22. The molecule has 0 aliphatic carbocycles. The molecule has 2 N–H and O–H groups in total. The van der Waals surface area contributed by atoms with E-state index < -0.39 is 0 Å². The highest BCUT2D eigenvalue weighted by molar-refractivity contribution is 4.69. The number of nitrogens with two attached hydrogens (primary N) is 1. The predicted octanol–water partition coefficient (Wildman–Crippen LogP) is 0.571. The molecule has 0 spiro atoms. The van der Waals surface area contributed by atoms with Crippen LogP contribution in [0, 0.1) is 11.3 Å². The molecule has 0 aliphatic heterocycles. The van der Waals surface area contributed by atoms with Crippen molar-refractivity contribution in [3.63, 3.8) is 0 Å². The van der Waals surface area contributed by atoms with Crippen LogP contribution in [-0.2, 0) is 0 Å². The second-order valence-electron chi connectivity index (χ2n) is 2.71. The van der Waals surface area contributed by atoms with Gasteiger partial charge in [0.15, 0.2) is 0 Å². The van der Waals surface area contributed by atoms with Gasteiger partial charge in [-0.25, -0.2) is 0 Å². The van der Waals surface area contributed by atoms with Crippen molar-refractivity contribution in [2.24, 2.45) is 5.73 Å². The van der Waals surface area contributed by atoms with Gasteiger partial charge in [0.1, 0.15) is 0 Å². The van der Waals surface area contributed by atoms with Gasteiger partial charge >= 0.3 is 0 Å². The molecule has 0 radical (unpaired) electrons. The monoisotopic (exact) mass is 155 g/mol. The van der Waals surface area contributed by atoms with E-state index in [1.165, 1.54) is 0 Å². The highest BCUT2D eigenvalue weighted by Crippen LogP contribution is 1.91. The summed E-state index contributed by atoms with van der Waals surface area (Å²) in [4.78, 5) is 2.21. The van der Waals surface area contributed by atoms with Crippen molar-refractivity contribution in [1.82, 2.24) is 4.90 Å². The maximum Gasteiger partial charge on any atom is 0.0622 e. The van der Waals surface area contributed by atoms with Gasteiger partial charge < -0.3 is 10.6 Å². The van der Waals surface area contributed by atoms with E-state index in [2.05, 4.69) is 18.0 Å². The summed E-state index contributed by atoms with van der Waals surface area (Å²) in [6.45, 7) is 2.80. The normalized spacial score (nSPS) is 10.0. The van der Waals surface area contributed by atoms with Gasteiger partial charge in [0, 0.05) is 6.42 Å². The molecule has 0 bridgehead atoms. The van der Waals surface area contributed by atoms with Crippen LogP contribution >= 0.6 is 0 Å². The van der Waals surface area contributed by atoms with E-state index in [0.29, 0.717) is 6.42 Å². The Morgan fingerprint density at radius 2 is 2.00 bits per heavy atom. The fourth-order valence-electron chi connectivity index (χ4n) is 0.901. The number of hydrogen-bond donors (Lipinski definition) is 1. The largest absolute Gasteiger partial charge is 0.330 e. The van der Waals surface area contributed by atoms with Gasteiger partial charge in [-0.1, -0.05) is 0 Å². The van der Waals surface area contributed by atoms with E-state index >= 15 is 0 Å².